The normalized spacial score (nSPS) is 14.6. The summed E-state index contributed by atoms with van der Waals surface area (Å²) in [6.07, 6.45) is 0. The van der Waals surface area contributed by atoms with Gasteiger partial charge >= 0.3 is 0 Å². The molecule has 0 bridgehead atoms. The van der Waals surface area contributed by atoms with Crippen LogP contribution in [0, 0.1) is 13.8 Å². The third kappa shape index (κ3) is 3.98. The van der Waals surface area contributed by atoms with Crippen LogP contribution >= 0.6 is 0 Å². The molecule has 31 heavy (non-hydrogen) atoms. The first-order chi connectivity index (χ1) is 14.8. The van der Waals surface area contributed by atoms with Gasteiger partial charge in [0.15, 0.2) is 0 Å². The van der Waals surface area contributed by atoms with E-state index in [0.717, 1.165) is 0 Å². The Kier molecular flexibility index (Phi) is 5.63. The molecule has 1 saturated heterocycles. The summed E-state index contributed by atoms with van der Waals surface area (Å²) < 4.78 is 45.7. The van der Waals surface area contributed by atoms with Gasteiger partial charge in [-0.05, 0) is 49.2 Å². The highest BCUT2D eigenvalue weighted by Crippen LogP contribution is 2.35. The van der Waals surface area contributed by atoms with Crippen molar-refractivity contribution in [2.45, 2.75) is 18.7 Å². The number of morpholine rings is 1. The minimum absolute atomic E-state index is 0.0328. The number of aryl methyl sites for hydroxylation is 2. The minimum Gasteiger partial charge on any atom is -0.496 e. The number of para-hydroxylation sites is 1. The van der Waals surface area contributed by atoms with Crippen molar-refractivity contribution < 1.29 is 27.1 Å². The summed E-state index contributed by atoms with van der Waals surface area (Å²) in [5.41, 5.74) is 1.79. The van der Waals surface area contributed by atoms with Gasteiger partial charge in [-0.3, -0.25) is 9.52 Å². The summed E-state index contributed by atoms with van der Waals surface area (Å²) in [5, 5.41) is 0.519. The zero-order valence-electron chi connectivity index (χ0n) is 17.6. The Balaban J connectivity index is 1.79. The first-order valence-electron chi connectivity index (χ1n) is 9.88. The number of furan rings is 1. The lowest BCUT2D eigenvalue weighted by molar-refractivity contribution is 0.0285. The summed E-state index contributed by atoms with van der Waals surface area (Å²) in [6.45, 7) is 5.16. The molecule has 0 atom stereocenters. The molecule has 0 saturated carbocycles. The standard InChI is InChI=1S/C22H24N2O6S/c1-14-13-19(15(2)12-18(14)28-3)31(26,27)23-20-16-6-4-5-7-17(16)30-21(20)22(25)24-8-10-29-11-9-24/h4-7,12-13,23H,8-11H2,1-3H3. The summed E-state index contributed by atoms with van der Waals surface area (Å²) >= 11 is 0. The number of anilines is 1. The van der Waals surface area contributed by atoms with Crippen LogP contribution in [0.15, 0.2) is 45.7 Å². The van der Waals surface area contributed by atoms with E-state index in [9.17, 15) is 13.2 Å². The highest BCUT2D eigenvalue weighted by Gasteiger charge is 2.30. The molecule has 1 N–H and O–H groups in total. The van der Waals surface area contributed by atoms with E-state index in [1.807, 2.05) is 0 Å². The fraction of sp³-hybridized carbons (Fsp3) is 0.318. The third-order valence-corrected chi connectivity index (χ3v) is 6.80. The molecular weight excluding hydrogens is 420 g/mol. The van der Waals surface area contributed by atoms with Gasteiger partial charge in [-0.1, -0.05) is 12.1 Å². The van der Waals surface area contributed by atoms with E-state index in [4.69, 9.17) is 13.9 Å². The Bertz CT molecular complexity index is 1240. The minimum atomic E-state index is -4.00. The van der Waals surface area contributed by atoms with E-state index < -0.39 is 10.0 Å². The van der Waals surface area contributed by atoms with E-state index in [1.165, 1.54) is 7.11 Å². The molecule has 1 amide bonds. The number of amides is 1. The van der Waals surface area contributed by atoms with Crippen LogP contribution in [-0.2, 0) is 14.8 Å². The second kappa shape index (κ2) is 8.24. The topological polar surface area (TPSA) is 98.1 Å². The molecule has 1 aliphatic heterocycles. The number of hydrogen-bond donors (Lipinski definition) is 1. The molecule has 8 nitrogen and oxygen atoms in total. The van der Waals surface area contributed by atoms with Gasteiger partial charge in [0.1, 0.15) is 17.0 Å². The lowest BCUT2D eigenvalue weighted by Crippen LogP contribution is -2.40. The third-order valence-electron chi connectivity index (χ3n) is 5.31. The zero-order valence-corrected chi connectivity index (χ0v) is 18.4. The molecule has 1 aliphatic rings. The average Bonchev–Trinajstić information content (AvgIpc) is 3.12. The van der Waals surface area contributed by atoms with Crippen LogP contribution in [0.2, 0.25) is 0 Å². The molecule has 1 fully saturated rings. The number of rotatable bonds is 5. The molecule has 3 aromatic rings. The molecule has 0 unspecified atom stereocenters. The number of sulfonamides is 1. The fourth-order valence-corrected chi connectivity index (χ4v) is 5.07. The number of carbonyl (C=O) groups is 1. The van der Waals surface area contributed by atoms with Crippen molar-refractivity contribution in [3.63, 3.8) is 0 Å². The van der Waals surface area contributed by atoms with Crippen LogP contribution in [0.1, 0.15) is 21.7 Å². The summed E-state index contributed by atoms with van der Waals surface area (Å²) in [5.74, 6) is 0.197. The van der Waals surface area contributed by atoms with Gasteiger partial charge in [-0.25, -0.2) is 8.42 Å². The van der Waals surface area contributed by atoms with Gasteiger partial charge in [0.2, 0.25) is 5.76 Å². The number of nitrogens with one attached hydrogen (secondary N) is 1. The maximum absolute atomic E-state index is 13.3. The van der Waals surface area contributed by atoms with Crippen LogP contribution in [-0.4, -0.2) is 52.6 Å². The number of methoxy groups -OCH3 is 1. The Labute approximate surface area is 180 Å². The predicted octanol–water partition coefficient (Wildman–Crippen LogP) is 3.33. The maximum Gasteiger partial charge on any atom is 0.291 e. The quantitative estimate of drug-likeness (QED) is 0.648. The van der Waals surface area contributed by atoms with Crippen LogP contribution in [0.25, 0.3) is 11.0 Å². The van der Waals surface area contributed by atoms with Crippen molar-refractivity contribution in [3.05, 3.63) is 53.3 Å². The van der Waals surface area contributed by atoms with Gasteiger partial charge in [0, 0.05) is 18.5 Å². The maximum atomic E-state index is 13.3. The number of benzene rings is 2. The van der Waals surface area contributed by atoms with Gasteiger partial charge in [0.25, 0.3) is 15.9 Å². The highest BCUT2D eigenvalue weighted by molar-refractivity contribution is 7.92. The van der Waals surface area contributed by atoms with E-state index in [2.05, 4.69) is 4.72 Å². The predicted molar refractivity (Wildman–Crippen MR) is 116 cm³/mol. The number of hydrogen-bond acceptors (Lipinski definition) is 6. The average molecular weight is 445 g/mol. The van der Waals surface area contributed by atoms with Crippen LogP contribution in [0.3, 0.4) is 0 Å². The summed E-state index contributed by atoms with van der Waals surface area (Å²) in [6, 6.07) is 10.2. The molecule has 4 rings (SSSR count). The van der Waals surface area contributed by atoms with Crippen molar-refractivity contribution in [2.24, 2.45) is 0 Å². The van der Waals surface area contributed by atoms with Crippen LogP contribution in [0.5, 0.6) is 5.75 Å². The fourth-order valence-electron chi connectivity index (χ4n) is 3.67. The first-order valence-corrected chi connectivity index (χ1v) is 11.4. The molecule has 9 heteroatoms. The molecule has 2 aromatic carbocycles. The van der Waals surface area contributed by atoms with E-state index in [-0.39, 0.29) is 22.3 Å². The largest absolute Gasteiger partial charge is 0.496 e. The van der Waals surface area contributed by atoms with Crippen molar-refractivity contribution in [3.8, 4) is 5.75 Å². The number of ether oxygens (including phenoxy) is 2. The molecular formula is C22H24N2O6S. The number of fused-ring (bicyclic) bond motifs is 1. The lowest BCUT2D eigenvalue weighted by Gasteiger charge is -2.26. The van der Waals surface area contributed by atoms with Crippen molar-refractivity contribution in [2.75, 3.05) is 38.1 Å². The Morgan fingerprint density at radius 3 is 2.52 bits per heavy atom. The molecule has 2 heterocycles. The SMILES string of the molecule is COc1cc(C)c(S(=O)(=O)Nc2c(C(=O)N3CCOCC3)oc3ccccc23)cc1C. The monoisotopic (exact) mass is 444 g/mol. The van der Waals surface area contributed by atoms with Crippen LogP contribution < -0.4 is 9.46 Å². The van der Waals surface area contributed by atoms with Crippen LogP contribution in [0.4, 0.5) is 5.69 Å². The summed E-state index contributed by atoms with van der Waals surface area (Å²) in [4.78, 5) is 14.9. The van der Waals surface area contributed by atoms with Crippen molar-refractivity contribution in [1.29, 1.82) is 0 Å². The summed E-state index contributed by atoms with van der Waals surface area (Å²) in [7, 11) is -2.46. The molecule has 0 aliphatic carbocycles. The van der Waals surface area contributed by atoms with E-state index >= 15 is 0 Å². The van der Waals surface area contributed by atoms with Gasteiger partial charge in [-0.2, -0.15) is 0 Å². The van der Waals surface area contributed by atoms with Crippen molar-refractivity contribution >= 4 is 32.6 Å². The Morgan fingerprint density at radius 2 is 1.81 bits per heavy atom. The smallest absolute Gasteiger partial charge is 0.291 e. The highest BCUT2D eigenvalue weighted by atomic mass is 32.2. The Hall–Kier alpha value is -3.04. The van der Waals surface area contributed by atoms with E-state index in [1.54, 1.807) is 55.1 Å². The van der Waals surface area contributed by atoms with Crippen molar-refractivity contribution in [1.82, 2.24) is 4.90 Å². The lowest BCUT2D eigenvalue weighted by atomic mass is 10.1. The van der Waals surface area contributed by atoms with Gasteiger partial charge in [-0.15, -0.1) is 0 Å². The zero-order chi connectivity index (χ0) is 22.2. The second-order valence-corrected chi connectivity index (χ2v) is 9.05. The number of carbonyl (C=O) groups excluding carboxylic acids is 1. The van der Waals surface area contributed by atoms with Gasteiger partial charge < -0.3 is 18.8 Å². The number of nitrogens with zero attached hydrogens (tertiary/aromatic N) is 1. The van der Waals surface area contributed by atoms with Gasteiger partial charge in [0.05, 0.1) is 25.2 Å². The molecule has 0 spiro atoms. The Morgan fingerprint density at radius 1 is 1.10 bits per heavy atom. The second-order valence-electron chi connectivity index (χ2n) is 7.40. The van der Waals surface area contributed by atoms with E-state index in [0.29, 0.717) is 54.1 Å². The molecule has 0 radical (unpaired) electrons. The first kappa shape index (κ1) is 21.2. The molecule has 1 aromatic heterocycles. The molecule has 164 valence electrons.